The van der Waals surface area contributed by atoms with E-state index in [2.05, 4.69) is 32.0 Å². The van der Waals surface area contributed by atoms with Crippen LogP contribution in [0.15, 0.2) is 58.1 Å². The minimum absolute atomic E-state index is 0.0470. The Kier molecular flexibility index (Phi) is 6.37. The van der Waals surface area contributed by atoms with Crippen LogP contribution in [0.4, 0.5) is 0 Å². The second-order valence-corrected chi connectivity index (χ2v) is 10.5. The summed E-state index contributed by atoms with van der Waals surface area (Å²) in [5.74, 6) is -0.474. The zero-order valence-electron chi connectivity index (χ0n) is 21.4. The number of ether oxygens (including phenoxy) is 2. The number of carboxylic acids is 1. The van der Waals surface area contributed by atoms with Crippen LogP contribution >= 0.6 is 0 Å². The highest BCUT2D eigenvalue weighted by atomic mass is 16.5. The smallest absolute Gasteiger partial charge is 0.341 e. The van der Waals surface area contributed by atoms with Crippen LogP contribution in [0.3, 0.4) is 0 Å². The molecule has 0 fully saturated rings. The summed E-state index contributed by atoms with van der Waals surface area (Å²) >= 11 is 0. The Balaban J connectivity index is 1.71. The molecule has 0 bridgehead atoms. The number of carbonyl (C=O) groups is 1. The average Bonchev–Trinajstić information content (AvgIpc) is 3.32. The van der Waals surface area contributed by atoms with Gasteiger partial charge in [-0.05, 0) is 47.2 Å². The van der Waals surface area contributed by atoms with Crippen molar-refractivity contribution in [2.24, 2.45) is 5.41 Å². The summed E-state index contributed by atoms with van der Waals surface area (Å²) in [6.45, 7) is 7.46. The number of aromatic nitrogens is 2. The van der Waals surface area contributed by atoms with Gasteiger partial charge >= 0.3 is 5.97 Å². The number of rotatable bonds is 7. The third-order valence-corrected chi connectivity index (χ3v) is 6.95. The van der Waals surface area contributed by atoms with Crippen LogP contribution in [0.25, 0.3) is 33.4 Å². The molecule has 2 aromatic heterocycles. The Morgan fingerprint density at radius 2 is 1.97 bits per heavy atom. The zero-order valence-corrected chi connectivity index (χ0v) is 21.4. The average molecular weight is 503 g/mol. The summed E-state index contributed by atoms with van der Waals surface area (Å²) in [4.78, 5) is 24.6. The number of carboxylic acid groups (broad SMARTS) is 1. The van der Waals surface area contributed by atoms with Gasteiger partial charge in [-0.1, -0.05) is 32.0 Å². The van der Waals surface area contributed by atoms with E-state index in [9.17, 15) is 14.7 Å². The maximum absolute atomic E-state index is 12.8. The monoisotopic (exact) mass is 502 g/mol. The first-order chi connectivity index (χ1) is 17.7. The third kappa shape index (κ3) is 4.64. The third-order valence-electron chi connectivity index (χ3n) is 6.95. The van der Waals surface area contributed by atoms with Crippen molar-refractivity contribution in [3.05, 3.63) is 70.1 Å². The molecule has 3 heterocycles. The Labute approximate surface area is 214 Å². The predicted octanol–water partition coefficient (Wildman–Crippen LogP) is 5.58. The van der Waals surface area contributed by atoms with E-state index in [1.807, 2.05) is 28.8 Å². The molecule has 2 aromatic carbocycles. The van der Waals surface area contributed by atoms with E-state index in [1.54, 1.807) is 13.3 Å². The van der Waals surface area contributed by atoms with E-state index in [0.29, 0.717) is 30.9 Å². The lowest BCUT2D eigenvalue weighted by atomic mass is 9.78. The van der Waals surface area contributed by atoms with Crippen LogP contribution in [-0.2, 0) is 11.2 Å². The molecule has 4 aromatic rings. The minimum atomic E-state index is -1.22. The van der Waals surface area contributed by atoms with Crippen molar-refractivity contribution in [3.8, 4) is 28.1 Å². The summed E-state index contributed by atoms with van der Waals surface area (Å²) in [6.07, 6.45) is 4.59. The highest BCUT2D eigenvalue weighted by Crippen LogP contribution is 2.46. The maximum atomic E-state index is 12.8. The standard InChI is InChI=1S/C29H30N2O6/c1-29(2,3)27-12-18-11-26(36-9-5-8-35-4)21(17-6-7-25-19(10-17)15-30-37-25)13-20(18)23-14-24(32)22(28(33)34)16-31(23)27/h6-7,10-11,13-16,27H,5,8-9,12H2,1-4H3,(H,33,34). The van der Waals surface area contributed by atoms with Gasteiger partial charge < -0.3 is 23.7 Å². The summed E-state index contributed by atoms with van der Waals surface area (Å²) in [7, 11) is 1.67. The van der Waals surface area contributed by atoms with E-state index in [1.165, 1.54) is 12.3 Å². The highest BCUT2D eigenvalue weighted by Gasteiger charge is 2.34. The quantitative estimate of drug-likeness (QED) is 0.329. The van der Waals surface area contributed by atoms with Crippen LogP contribution in [0.5, 0.6) is 5.75 Å². The van der Waals surface area contributed by atoms with Gasteiger partial charge in [0.2, 0.25) is 0 Å². The van der Waals surface area contributed by atoms with Crippen molar-refractivity contribution >= 4 is 16.9 Å². The molecular weight excluding hydrogens is 472 g/mol. The Morgan fingerprint density at radius 3 is 2.70 bits per heavy atom. The fourth-order valence-electron chi connectivity index (χ4n) is 5.01. The number of benzene rings is 2. The summed E-state index contributed by atoms with van der Waals surface area (Å²) in [5.41, 5.74) is 4.21. The van der Waals surface area contributed by atoms with Crippen LogP contribution < -0.4 is 10.2 Å². The SMILES string of the molecule is COCCCOc1cc2c(cc1-c1ccc3oncc3c1)-c1cc(=O)c(C(=O)O)cn1C(C(C)(C)C)C2. The fraction of sp³-hybridized carbons (Fsp3) is 0.345. The Hall–Kier alpha value is -3.91. The summed E-state index contributed by atoms with van der Waals surface area (Å²) in [6, 6.07) is 11.3. The molecule has 8 heteroatoms. The van der Waals surface area contributed by atoms with E-state index in [-0.39, 0.29) is 17.0 Å². The van der Waals surface area contributed by atoms with Gasteiger partial charge in [0.1, 0.15) is 11.3 Å². The first kappa shape index (κ1) is 24.8. The number of nitrogens with zero attached hydrogens (tertiary/aromatic N) is 2. The number of methoxy groups -OCH3 is 1. The van der Waals surface area contributed by atoms with Crippen molar-refractivity contribution < 1.29 is 23.9 Å². The molecule has 37 heavy (non-hydrogen) atoms. The fourth-order valence-corrected chi connectivity index (χ4v) is 5.01. The van der Waals surface area contributed by atoms with Gasteiger partial charge in [0.05, 0.1) is 18.5 Å². The maximum Gasteiger partial charge on any atom is 0.341 e. The lowest BCUT2D eigenvalue weighted by Gasteiger charge is -2.39. The Morgan fingerprint density at radius 1 is 1.16 bits per heavy atom. The lowest BCUT2D eigenvalue weighted by molar-refractivity contribution is 0.0693. The summed E-state index contributed by atoms with van der Waals surface area (Å²) in [5, 5.41) is 14.4. The van der Waals surface area contributed by atoms with Gasteiger partial charge in [-0.15, -0.1) is 0 Å². The number of hydrogen-bond acceptors (Lipinski definition) is 6. The van der Waals surface area contributed by atoms with Crippen molar-refractivity contribution in [3.63, 3.8) is 0 Å². The van der Waals surface area contributed by atoms with Gasteiger partial charge in [0.25, 0.3) is 0 Å². The van der Waals surface area contributed by atoms with Crippen molar-refractivity contribution in [2.45, 2.75) is 39.7 Å². The van der Waals surface area contributed by atoms with E-state index >= 15 is 0 Å². The molecule has 1 N–H and O–H groups in total. The molecule has 0 saturated carbocycles. The molecule has 192 valence electrons. The second kappa shape index (κ2) is 9.52. The van der Waals surface area contributed by atoms with Crippen LogP contribution in [0.2, 0.25) is 0 Å². The van der Waals surface area contributed by atoms with Crippen LogP contribution in [0, 0.1) is 5.41 Å². The number of pyridine rings is 1. The molecule has 1 aliphatic heterocycles. The minimum Gasteiger partial charge on any atom is -0.493 e. The molecule has 0 radical (unpaired) electrons. The second-order valence-electron chi connectivity index (χ2n) is 10.5. The number of hydrogen-bond donors (Lipinski definition) is 1. The molecule has 0 saturated heterocycles. The van der Waals surface area contributed by atoms with Gasteiger partial charge in [0.15, 0.2) is 11.0 Å². The normalized spacial score (nSPS) is 14.9. The molecule has 0 aliphatic carbocycles. The first-order valence-corrected chi connectivity index (χ1v) is 12.3. The molecule has 5 rings (SSSR count). The number of aromatic carboxylic acids is 1. The van der Waals surface area contributed by atoms with Crippen molar-refractivity contribution in [1.29, 1.82) is 0 Å². The lowest BCUT2D eigenvalue weighted by Crippen LogP contribution is -2.32. The zero-order chi connectivity index (χ0) is 26.3. The van der Waals surface area contributed by atoms with Crippen LogP contribution in [-0.4, -0.2) is 41.1 Å². The molecular formula is C29H30N2O6. The van der Waals surface area contributed by atoms with E-state index in [4.69, 9.17) is 14.0 Å². The summed E-state index contributed by atoms with van der Waals surface area (Å²) < 4.78 is 18.7. The molecule has 0 amide bonds. The van der Waals surface area contributed by atoms with Gasteiger partial charge in [-0.3, -0.25) is 4.79 Å². The van der Waals surface area contributed by atoms with Gasteiger partial charge in [0, 0.05) is 55.0 Å². The van der Waals surface area contributed by atoms with Gasteiger partial charge in [-0.25, -0.2) is 4.79 Å². The molecule has 1 atom stereocenters. The first-order valence-electron chi connectivity index (χ1n) is 12.3. The van der Waals surface area contributed by atoms with E-state index in [0.717, 1.165) is 39.8 Å². The predicted molar refractivity (Wildman–Crippen MR) is 140 cm³/mol. The molecule has 1 aliphatic rings. The Bertz CT molecular complexity index is 1540. The molecule has 0 spiro atoms. The molecule has 1 unspecified atom stereocenters. The largest absolute Gasteiger partial charge is 0.493 e. The topological polar surface area (TPSA) is 104 Å². The highest BCUT2D eigenvalue weighted by molar-refractivity contribution is 5.89. The number of fused-ring (bicyclic) bond motifs is 4. The van der Waals surface area contributed by atoms with Crippen molar-refractivity contribution in [2.75, 3.05) is 20.3 Å². The van der Waals surface area contributed by atoms with Gasteiger partial charge in [-0.2, -0.15) is 0 Å². The van der Waals surface area contributed by atoms with Crippen LogP contribution in [0.1, 0.15) is 49.2 Å². The molecule has 8 nitrogen and oxygen atoms in total. The van der Waals surface area contributed by atoms with Crippen molar-refractivity contribution in [1.82, 2.24) is 9.72 Å². The van der Waals surface area contributed by atoms with E-state index < -0.39 is 11.4 Å².